The summed E-state index contributed by atoms with van der Waals surface area (Å²) < 4.78 is 2.18. The number of para-hydroxylation sites is 1. The largest absolute Gasteiger partial charge is 0.353 e. The van der Waals surface area contributed by atoms with Gasteiger partial charge in [0.15, 0.2) is 5.16 Å². The molecule has 28 heavy (non-hydrogen) atoms. The van der Waals surface area contributed by atoms with E-state index in [0.717, 1.165) is 29.5 Å². The standard InChI is InChI=1S/C22H30N4OS/c27-20(23-18-12-6-2-7-13-18)16-28-22-25-24-21(17-10-4-1-5-11-17)26(22)19-14-8-3-9-15-19/h3,8-9,14-15,17-18H,1-2,4-7,10-13,16H2,(H,23,27). The number of thioether (sulfide) groups is 1. The number of hydrogen-bond acceptors (Lipinski definition) is 4. The van der Waals surface area contributed by atoms with Crippen molar-refractivity contribution in [3.05, 3.63) is 36.2 Å². The van der Waals surface area contributed by atoms with Gasteiger partial charge in [0.1, 0.15) is 5.82 Å². The van der Waals surface area contributed by atoms with Crippen LogP contribution in [0.5, 0.6) is 0 Å². The first-order chi connectivity index (χ1) is 13.8. The number of nitrogens with one attached hydrogen (secondary N) is 1. The minimum atomic E-state index is 0.110. The summed E-state index contributed by atoms with van der Waals surface area (Å²) in [5.74, 6) is 2.03. The summed E-state index contributed by atoms with van der Waals surface area (Å²) in [4.78, 5) is 12.5. The van der Waals surface area contributed by atoms with Crippen LogP contribution in [0.15, 0.2) is 35.5 Å². The van der Waals surface area contributed by atoms with Crippen molar-refractivity contribution in [1.29, 1.82) is 0 Å². The molecule has 1 N–H and O–H groups in total. The summed E-state index contributed by atoms with van der Waals surface area (Å²) in [7, 11) is 0. The molecule has 150 valence electrons. The maximum atomic E-state index is 12.5. The molecule has 2 aromatic rings. The Morgan fingerprint density at radius 1 is 0.964 bits per heavy atom. The van der Waals surface area contributed by atoms with Gasteiger partial charge in [0.25, 0.3) is 0 Å². The Balaban J connectivity index is 1.48. The normalized spacial score (nSPS) is 18.9. The van der Waals surface area contributed by atoms with Crippen molar-refractivity contribution in [3.8, 4) is 5.69 Å². The van der Waals surface area contributed by atoms with Gasteiger partial charge in [0.2, 0.25) is 5.91 Å². The lowest BCUT2D eigenvalue weighted by atomic mass is 9.88. The zero-order chi connectivity index (χ0) is 19.2. The number of aromatic nitrogens is 3. The summed E-state index contributed by atoms with van der Waals surface area (Å²) in [6.07, 6.45) is 12.2. The summed E-state index contributed by atoms with van der Waals surface area (Å²) in [5, 5.41) is 13.1. The van der Waals surface area contributed by atoms with Gasteiger partial charge in [-0.2, -0.15) is 0 Å². The van der Waals surface area contributed by atoms with Gasteiger partial charge < -0.3 is 5.32 Å². The Kier molecular flexibility index (Phi) is 6.68. The van der Waals surface area contributed by atoms with Gasteiger partial charge in [0, 0.05) is 17.6 Å². The monoisotopic (exact) mass is 398 g/mol. The molecule has 0 spiro atoms. The van der Waals surface area contributed by atoms with E-state index in [2.05, 4.69) is 32.2 Å². The van der Waals surface area contributed by atoms with E-state index in [0.29, 0.717) is 17.7 Å². The fourth-order valence-electron chi connectivity index (χ4n) is 4.47. The average molecular weight is 399 g/mol. The summed E-state index contributed by atoms with van der Waals surface area (Å²) in [5.41, 5.74) is 1.09. The first-order valence-corrected chi connectivity index (χ1v) is 11.7. The van der Waals surface area contributed by atoms with Crippen molar-refractivity contribution in [2.45, 2.75) is 81.3 Å². The molecule has 2 aliphatic rings. The van der Waals surface area contributed by atoms with Crippen molar-refractivity contribution >= 4 is 17.7 Å². The number of carbonyl (C=O) groups excluding carboxylic acids is 1. The van der Waals surface area contributed by atoms with Gasteiger partial charge in [0.05, 0.1) is 5.75 Å². The highest BCUT2D eigenvalue weighted by atomic mass is 32.2. The van der Waals surface area contributed by atoms with Crippen LogP contribution in [0.25, 0.3) is 5.69 Å². The van der Waals surface area contributed by atoms with Crippen molar-refractivity contribution in [2.24, 2.45) is 0 Å². The topological polar surface area (TPSA) is 59.8 Å². The second-order valence-electron chi connectivity index (χ2n) is 8.04. The van der Waals surface area contributed by atoms with Crippen LogP contribution < -0.4 is 5.32 Å². The number of benzene rings is 1. The van der Waals surface area contributed by atoms with Gasteiger partial charge in [-0.25, -0.2) is 0 Å². The Bertz CT molecular complexity index is 764. The van der Waals surface area contributed by atoms with E-state index in [4.69, 9.17) is 0 Å². The summed E-state index contributed by atoms with van der Waals surface area (Å²) >= 11 is 1.50. The van der Waals surface area contributed by atoms with E-state index in [1.165, 1.54) is 63.1 Å². The fraction of sp³-hybridized carbons (Fsp3) is 0.591. The zero-order valence-electron chi connectivity index (χ0n) is 16.5. The van der Waals surface area contributed by atoms with Gasteiger partial charge in [-0.1, -0.05) is 68.5 Å². The van der Waals surface area contributed by atoms with E-state index < -0.39 is 0 Å². The first-order valence-electron chi connectivity index (χ1n) is 10.7. The number of hydrogen-bond donors (Lipinski definition) is 1. The van der Waals surface area contributed by atoms with Crippen molar-refractivity contribution < 1.29 is 4.79 Å². The SMILES string of the molecule is O=C(CSc1nnc(C2CCCCC2)n1-c1ccccc1)NC1CCCCC1. The van der Waals surface area contributed by atoms with E-state index in [1.807, 2.05) is 18.2 Å². The molecular weight excluding hydrogens is 368 g/mol. The summed E-state index contributed by atoms with van der Waals surface area (Å²) in [6, 6.07) is 10.7. The lowest BCUT2D eigenvalue weighted by molar-refractivity contribution is -0.119. The van der Waals surface area contributed by atoms with Gasteiger partial charge in [-0.05, 0) is 37.8 Å². The molecule has 5 nitrogen and oxygen atoms in total. The van der Waals surface area contributed by atoms with Crippen molar-refractivity contribution in [1.82, 2.24) is 20.1 Å². The Morgan fingerprint density at radius 3 is 2.36 bits per heavy atom. The van der Waals surface area contributed by atoms with Crippen LogP contribution in [0.4, 0.5) is 0 Å². The highest BCUT2D eigenvalue weighted by Gasteiger charge is 2.25. The minimum Gasteiger partial charge on any atom is -0.353 e. The van der Waals surface area contributed by atoms with Crippen LogP contribution in [0.3, 0.4) is 0 Å². The highest BCUT2D eigenvalue weighted by Crippen LogP contribution is 2.34. The molecule has 4 rings (SSSR count). The van der Waals surface area contributed by atoms with Crippen LogP contribution in [0.2, 0.25) is 0 Å². The molecule has 1 heterocycles. The van der Waals surface area contributed by atoms with E-state index in [-0.39, 0.29) is 5.91 Å². The second kappa shape index (κ2) is 9.59. The summed E-state index contributed by atoms with van der Waals surface area (Å²) in [6.45, 7) is 0. The molecule has 0 unspecified atom stereocenters. The molecule has 0 radical (unpaired) electrons. The molecule has 0 bridgehead atoms. The Hall–Kier alpha value is -1.82. The third kappa shape index (κ3) is 4.77. The zero-order valence-corrected chi connectivity index (χ0v) is 17.3. The lowest BCUT2D eigenvalue weighted by Gasteiger charge is -2.23. The maximum Gasteiger partial charge on any atom is 0.230 e. The Morgan fingerprint density at radius 2 is 1.64 bits per heavy atom. The number of amides is 1. The second-order valence-corrected chi connectivity index (χ2v) is 8.98. The number of carbonyl (C=O) groups is 1. The predicted octanol–water partition coefficient (Wildman–Crippen LogP) is 4.86. The van der Waals surface area contributed by atoms with Crippen LogP contribution in [0, 0.1) is 0 Å². The molecular formula is C22H30N4OS. The number of rotatable bonds is 6. The molecule has 1 aromatic carbocycles. The molecule has 2 fully saturated rings. The first kappa shape index (κ1) is 19.5. The third-order valence-corrected chi connectivity index (χ3v) is 6.87. The minimum absolute atomic E-state index is 0.110. The highest BCUT2D eigenvalue weighted by molar-refractivity contribution is 7.99. The molecule has 0 saturated heterocycles. The van der Waals surface area contributed by atoms with E-state index in [9.17, 15) is 4.79 Å². The molecule has 1 amide bonds. The molecule has 0 atom stereocenters. The third-order valence-electron chi connectivity index (χ3n) is 5.95. The van der Waals surface area contributed by atoms with Crippen LogP contribution in [0.1, 0.15) is 76.0 Å². The smallest absolute Gasteiger partial charge is 0.230 e. The van der Waals surface area contributed by atoms with Gasteiger partial charge in [-0.3, -0.25) is 9.36 Å². The molecule has 2 saturated carbocycles. The lowest BCUT2D eigenvalue weighted by Crippen LogP contribution is -2.37. The van der Waals surface area contributed by atoms with Crippen molar-refractivity contribution in [2.75, 3.05) is 5.75 Å². The van der Waals surface area contributed by atoms with Crippen molar-refractivity contribution in [3.63, 3.8) is 0 Å². The quantitative estimate of drug-likeness (QED) is 0.706. The van der Waals surface area contributed by atoms with E-state index in [1.54, 1.807) is 0 Å². The van der Waals surface area contributed by atoms with Gasteiger partial charge in [-0.15, -0.1) is 10.2 Å². The average Bonchev–Trinajstić information content (AvgIpc) is 3.18. The predicted molar refractivity (Wildman–Crippen MR) is 113 cm³/mol. The molecule has 2 aliphatic carbocycles. The molecule has 1 aromatic heterocycles. The maximum absolute atomic E-state index is 12.5. The van der Waals surface area contributed by atoms with Crippen LogP contribution in [-0.2, 0) is 4.79 Å². The Labute approximate surface area is 171 Å². The van der Waals surface area contributed by atoms with E-state index >= 15 is 0 Å². The number of nitrogens with zero attached hydrogens (tertiary/aromatic N) is 3. The van der Waals surface area contributed by atoms with Crippen LogP contribution >= 0.6 is 11.8 Å². The van der Waals surface area contributed by atoms with Gasteiger partial charge >= 0.3 is 0 Å². The fourth-order valence-corrected chi connectivity index (χ4v) is 5.24. The van der Waals surface area contributed by atoms with Crippen LogP contribution in [-0.4, -0.2) is 32.5 Å². The molecule has 6 heteroatoms. The molecule has 0 aliphatic heterocycles.